The van der Waals surface area contributed by atoms with E-state index in [1.807, 2.05) is 0 Å². The molecule has 0 fully saturated rings. The molecule has 0 spiro atoms. The van der Waals surface area contributed by atoms with Crippen LogP contribution in [0.3, 0.4) is 0 Å². The largest absolute Gasteiger partial charge is 0.0845 e. The van der Waals surface area contributed by atoms with Gasteiger partial charge in [0.25, 0.3) is 0 Å². The molecule has 0 aromatic heterocycles. The molecule has 0 aromatic carbocycles. The Bertz CT molecular complexity index is 278. The van der Waals surface area contributed by atoms with Crippen LogP contribution in [0.25, 0.3) is 0 Å². The lowest BCUT2D eigenvalue weighted by Crippen LogP contribution is -1.94. The molecule has 0 aliphatic carbocycles. The van der Waals surface area contributed by atoms with Crippen molar-refractivity contribution in [1.82, 2.24) is 0 Å². The maximum atomic E-state index is 2.37. The molecule has 0 aliphatic heterocycles. The van der Waals surface area contributed by atoms with E-state index < -0.39 is 0 Å². The van der Waals surface area contributed by atoms with Crippen LogP contribution < -0.4 is 0 Å². The van der Waals surface area contributed by atoms with Crippen molar-refractivity contribution in [1.29, 1.82) is 0 Å². The predicted molar refractivity (Wildman–Crippen MR) is 84.9 cm³/mol. The second-order valence-electron chi connectivity index (χ2n) is 5.47. The highest BCUT2D eigenvalue weighted by Gasteiger charge is 2.01. The van der Waals surface area contributed by atoms with Crippen molar-refractivity contribution in [2.24, 2.45) is 5.92 Å². The zero-order chi connectivity index (χ0) is 13.8. The van der Waals surface area contributed by atoms with Gasteiger partial charge in [-0.25, -0.2) is 0 Å². The van der Waals surface area contributed by atoms with E-state index >= 15 is 0 Å². The molecule has 0 radical (unpaired) electrons. The van der Waals surface area contributed by atoms with Gasteiger partial charge < -0.3 is 0 Å². The van der Waals surface area contributed by atoms with Crippen LogP contribution in [0.1, 0.15) is 73.1 Å². The molecule has 0 heterocycles. The summed E-state index contributed by atoms with van der Waals surface area (Å²) < 4.78 is 0. The lowest BCUT2D eigenvalue weighted by Gasteiger charge is -2.10. The van der Waals surface area contributed by atoms with Gasteiger partial charge in [-0.3, -0.25) is 0 Å². The Hall–Kier alpha value is -0.780. The van der Waals surface area contributed by atoms with E-state index in [9.17, 15) is 0 Å². The van der Waals surface area contributed by atoms with Gasteiger partial charge in [-0.05, 0) is 39.0 Å². The molecule has 0 rings (SSSR count). The fourth-order valence-corrected chi connectivity index (χ4v) is 1.98. The summed E-state index contributed by atoms with van der Waals surface area (Å²) in [6.07, 6.45) is 16.5. The van der Waals surface area contributed by atoms with E-state index in [-0.39, 0.29) is 0 Å². The van der Waals surface area contributed by atoms with Crippen molar-refractivity contribution in [3.63, 3.8) is 0 Å². The lowest BCUT2D eigenvalue weighted by atomic mass is 9.96. The standard InChI is InChI=1S/C18H32/c1-6-8-9-10-11-13-17(4)18(5)15-14-16(3)12-7-2/h9-11,13,16H,6-8,12,14-15H2,1-5H3. The van der Waals surface area contributed by atoms with Crippen molar-refractivity contribution in [3.05, 3.63) is 35.5 Å². The van der Waals surface area contributed by atoms with E-state index in [0.29, 0.717) is 0 Å². The monoisotopic (exact) mass is 248 g/mol. The third-order valence-corrected chi connectivity index (χ3v) is 3.52. The molecular formula is C18H32. The predicted octanol–water partition coefficient (Wildman–Crippen LogP) is 6.45. The molecule has 0 aromatic rings. The Balaban J connectivity index is 4.09. The van der Waals surface area contributed by atoms with Gasteiger partial charge in [-0.15, -0.1) is 0 Å². The average molecular weight is 248 g/mol. The molecule has 0 amide bonds. The van der Waals surface area contributed by atoms with Gasteiger partial charge in [0.1, 0.15) is 0 Å². The van der Waals surface area contributed by atoms with Crippen molar-refractivity contribution >= 4 is 0 Å². The first-order chi connectivity index (χ1) is 8.61. The van der Waals surface area contributed by atoms with E-state index in [4.69, 9.17) is 0 Å². The van der Waals surface area contributed by atoms with Gasteiger partial charge in [0.2, 0.25) is 0 Å². The van der Waals surface area contributed by atoms with Crippen LogP contribution in [0.2, 0.25) is 0 Å². The van der Waals surface area contributed by atoms with Crippen LogP contribution in [0, 0.1) is 5.92 Å². The fourth-order valence-electron chi connectivity index (χ4n) is 1.98. The Morgan fingerprint density at radius 1 is 1.00 bits per heavy atom. The van der Waals surface area contributed by atoms with Gasteiger partial charge in [0.05, 0.1) is 0 Å². The second-order valence-corrected chi connectivity index (χ2v) is 5.47. The topological polar surface area (TPSA) is 0 Å². The molecule has 0 nitrogen and oxygen atoms in total. The summed E-state index contributed by atoms with van der Waals surface area (Å²) in [4.78, 5) is 0. The van der Waals surface area contributed by atoms with Crippen LogP contribution in [0.15, 0.2) is 35.5 Å². The summed E-state index contributed by atoms with van der Waals surface area (Å²) in [6, 6.07) is 0. The summed E-state index contributed by atoms with van der Waals surface area (Å²) in [7, 11) is 0. The molecule has 0 aliphatic rings. The third kappa shape index (κ3) is 9.27. The van der Waals surface area contributed by atoms with Crippen molar-refractivity contribution in [2.75, 3.05) is 0 Å². The van der Waals surface area contributed by atoms with Crippen LogP contribution in [0.4, 0.5) is 0 Å². The zero-order valence-electron chi connectivity index (χ0n) is 13.1. The van der Waals surface area contributed by atoms with Gasteiger partial charge in [0, 0.05) is 0 Å². The normalized spacial score (nSPS) is 15.4. The highest BCUT2D eigenvalue weighted by Crippen LogP contribution is 2.18. The number of allylic oxidation sites excluding steroid dienone is 6. The quantitative estimate of drug-likeness (QED) is 0.411. The van der Waals surface area contributed by atoms with Crippen LogP contribution in [0.5, 0.6) is 0 Å². The average Bonchev–Trinajstić information content (AvgIpc) is 2.35. The first kappa shape index (κ1) is 17.2. The van der Waals surface area contributed by atoms with E-state index in [2.05, 4.69) is 58.9 Å². The molecule has 0 saturated heterocycles. The first-order valence-electron chi connectivity index (χ1n) is 7.61. The molecule has 0 heteroatoms. The molecule has 0 N–H and O–H groups in total. The van der Waals surface area contributed by atoms with Crippen molar-refractivity contribution in [3.8, 4) is 0 Å². The van der Waals surface area contributed by atoms with Gasteiger partial charge in [0.15, 0.2) is 0 Å². The molecule has 1 unspecified atom stereocenters. The summed E-state index contributed by atoms with van der Waals surface area (Å²) in [6.45, 7) is 11.4. The van der Waals surface area contributed by atoms with Crippen molar-refractivity contribution < 1.29 is 0 Å². The number of hydrogen-bond acceptors (Lipinski definition) is 0. The zero-order valence-corrected chi connectivity index (χ0v) is 13.1. The smallest absolute Gasteiger partial charge is 0.0315 e. The van der Waals surface area contributed by atoms with Gasteiger partial charge >= 0.3 is 0 Å². The number of unbranched alkanes of at least 4 members (excludes halogenated alkanes) is 1. The minimum atomic E-state index is 0.867. The second kappa shape index (κ2) is 11.3. The fraction of sp³-hybridized carbons (Fsp3) is 0.667. The van der Waals surface area contributed by atoms with E-state index in [1.54, 1.807) is 0 Å². The summed E-state index contributed by atoms with van der Waals surface area (Å²) in [5.74, 6) is 0.867. The maximum Gasteiger partial charge on any atom is -0.0315 e. The lowest BCUT2D eigenvalue weighted by molar-refractivity contribution is 0.485. The highest BCUT2D eigenvalue weighted by molar-refractivity contribution is 5.25. The van der Waals surface area contributed by atoms with Crippen molar-refractivity contribution in [2.45, 2.75) is 73.1 Å². The van der Waals surface area contributed by atoms with E-state index in [0.717, 1.165) is 5.92 Å². The number of rotatable bonds is 9. The third-order valence-electron chi connectivity index (χ3n) is 3.52. The molecule has 0 saturated carbocycles. The Kier molecular flexibility index (Phi) is 10.8. The molecule has 1 atom stereocenters. The molecule has 0 bridgehead atoms. The van der Waals surface area contributed by atoms with Crippen LogP contribution in [-0.4, -0.2) is 0 Å². The first-order valence-corrected chi connectivity index (χ1v) is 7.61. The molecule has 104 valence electrons. The maximum absolute atomic E-state index is 2.37. The summed E-state index contributed by atoms with van der Waals surface area (Å²) in [5.41, 5.74) is 2.97. The SMILES string of the molecule is CCCC=CC=CC(C)=C(C)CCC(C)CCC. The molecular weight excluding hydrogens is 216 g/mol. The van der Waals surface area contributed by atoms with Crippen LogP contribution in [-0.2, 0) is 0 Å². The minimum Gasteiger partial charge on any atom is -0.0845 e. The summed E-state index contributed by atoms with van der Waals surface area (Å²) >= 11 is 0. The Labute approximate surface area is 115 Å². The summed E-state index contributed by atoms with van der Waals surface area (Å²) in [5, 5.41) is 0. The van der Waals surface area contributed by atoms with Gasteiger partial charge in [-0.2, -0.15) is 0 Å². The highest BCUT2D eigenvalue weighted by atomic mass is 14.1. The van der Waals surface area contributed by atoms with E-state index in [1.165, 1.54) is 49.7 Å². The van der Waals surface area contributed by atoms with Crippen LogP contribution >= 0.6 is 0 Å². The minimum absolute atomic E-state index is 0.867. The van der Waals surface area contributed by atoms with Gasteiger partial charge in [-0.1, -0.05) is 75.5 Å². The molecule has 18 heavy (non-hydrogen) atoms. The Morgan fingerprint density at radius 3 is 2.33 bits per heavy atom. The Morgan fingerprint density at radius 2 is 1.72 bits per heavy atom. The number of hydrogen-bond donors (Lipinski definition) is 0.